The van der Waals surface area contributed by atoms with Crippen LogP contribution in [-0.2, 0) is 16.1 Å². The molecule has 4 aromatic rings. The summed E-state index contributed by atoms with van der Waals surface area (Å²) in [6, 6.07) is 25.5. The number of nitrogens with one attached hydrogen (secondary N) is 1. The van der Waals surface area contributed by atoms with Gasteiger partial charge in [-0.1, -0.05) is 78.0 Å². The molecule has 0 radical (unpaired) electrons. The van der Waals surface area contributed by atoms with Gasteiger partial charge in [0.25, 0.3) is 0 Å². The molecular formula is C25H23N5O2S. The molecule has 0 spiro atoms. The van der Waals surface area contributed by atoms with Gasteiger partial charge in [-0.3, -0.25) is 14.2 Å². The lowest BCUT2D eigenvalue weighted by Crippen LogP contribution is -2.20. The summed E-state index contributed by atoms with van der Waals surface area (Å²) in [6.07, 6.45) is 0. The van der Waals surface area contributed by atoms with E-state index in [0.717, 1.165) is 22.3 Å². The van der Waals surface area contributed by atoms with Gasteiger partial charge in [0.05, 0.1) is 5.75 Å². The van der Waals surface area contributed by atoms with Crippen LogP contribution in [0, 0.1) is 6.92 Å². The second-order valence-electron chi connectivity index (χ2n) is 7.51. The summed E-state index contributed by atoms with van der Waals surface area (Å²) >= 11 is 1.21. The Morgan fingerprint density at radius 3 is 2.30 bits per heavy atom. The summed E-state index contributed by atoms with van der Waals surface area (Å²) in [4.78, 5) is 24.2. The molecule has 0 aliphatic carbocycles. The number of aromatic nitrogens is 3. The number of nitrogens with two attached hydrogens (primary N) is 1. The first kappa shape index (κ1) is 22.3. The number of amides is 2. The van der Waals surface area contributed by atoms with Crippen molar-refractivity contribution in [2.75, 3.05) is 11.1 Å². The smallest absolute Gasteiger partial charge is 0.237 e. The Labute approximate surface area is 196 Å². The second-order valence-corrected chi connectivity index (χ2v) is 8.45. The summed E-state index contributed by atoms with van der Waals surface area (Å²) in [6.45, 7) is 1.91. The third-order valence-electron chi connectivity index (χ3n) is 4.92. The molecule has 3 N–H and O–H groups in total. The fourth-order valence-electron chi connectivity index (χ4n) is 3.40. The molecule has 0 saturated carbocycles. The molecule has 1 aromatic heterocycles. The van der Waals surface area contributed by atoms with Crippen LogP contribution >= 0.6 is 11.8 Å². The Kier molecular flexibility index (Phi) is 6.85. The SMILES string of the molecule is Cc1cccc(-c2nnc(SCC(=O)Nc3ccc(-c4ccccc4)cc3)n2CC(N)=O)c1. The van der Waals surface area contributed by atoms with Gasteiger partial charge in [0.15, 0.2) is 11.0 Å². The molecule has 33 heavy (non-hydrogen) atoms. The van der Waals surface area contributed by atoms with Crippen molar-refractivity contribution >= 4 is 29.3 Å². The van der Waals surface area contributed by atoms with Gasteiger partial charge in [0.1, 0.15) is 6.54 Å². The lowest BCUT2D eigenvalue weighted by Gasteiger charge is -2.09. The van der Waals surface area contributed by atoms with E-state index in [1.165, 1.54) is 11.8 Å². The number of hydrogen-bond donors (Lipinski definition) is 2. The number of primary amides is 1. The zero-order valence-corrected chi connectivity index (χ0v) is 18.9. The number of nitrogens with zero attached hydrogens (tertiary/aromatic N) is 3. The molecule has 4 rings (SSSR count). The number of rotatable bonds is 8. The lowest BCUT2D eigenvalue weighted by atomic mass is 10.1. The minimum Gasteiger partial charge on any atom is -0.368 e. The van der Waals surface area contributed by atoms with E-state index in [1.807, 2.05) is 85.8 Å². The maximum atomic E-state index is 12.5. The fraction of sp³-hybridized carbons (Fsp3) is 0.120. The Balaban J connectivity index is 1.43. The zero-order valence-electron chi connectivity index (χ0n) is 18.1. The van der Waals surface area contributed by atoms with Crippen LogP contribution in [0.1, 0.15) is 5.56 Å². The maximum absolute atomic E-state index is 12.5. The number of anilines is 1. The number of hydrogen-bond acceptors (Lipinski definition) is 5. The molecule has 7 nitrogen and oxygen atoms in total. The average molecular weight is 458 g/mol. The third kappa shape index (κ3) is 5.67. The van der Waals surface area contributed by atoms with Crippen molar-refractivity contribution in [2.24, 2.45) is 5.73 Å². The van der Waals surface area contributed by atoms with Crippen molar-refractivity contribution < 1.29 is 9.59 Å². The van der Waals surface area contributed by atoms with Crippen LogP contribution in [0.15, 0.2) is 84.0 Å². The third-order valence-corrected chi connectivity index (χ3v) is 5.88. The van der Waals surface area contributed by atoms with E-state index >= 15 is 0 Å². The topological polar surface area (TPSA) is 103 Å². The highest BCUT2D eigenvalue weighted by Crippen LogP contribution is 2.25. The van der Waals surface area contributed by atoms with Gasteiger partial charge in [-0.2, -0.15) is 0 Å². The van der Waals surface area contributed by atoms with E-state index in [-0.39, 0.29) is 18.2 Å². The van der Waals surface area contributed by atoms with E-state index < -0.39 is 5.91 Å². The van der Waals surface area contributed by atoms with Crippen LogP contribution in [0.4, 0.5) is 5.69 Å². The molecule has 2 amide bonds. The molecule has 0 unspecified atom stereocenters. The molecule has 8 heteroatoms. The van der Waals surface area contributed by atoms with E-state index in [4.69, 9.17) is 5.73 Å². The molecule has 0 atom stereocenters. The summed E-state index contributed by atoms with van der Waals surface area (Å²) in [5, 5.41) is 11.8. The van der Waals surface area contributed by atoms with E-state index in [1.54, 1.807) is 4.57 Å². The van der Waals surface area contributed by atoms with Crippen LogP contribution < -0.4 is 11.1 Å². The van der Waals surface area contributed by atoms with E-state index in [9.17, 15) is 9.59 Å². The van der Waals surface area contributed by atoms with E-state index in [0.29, 0.717) is 16.7 Å². The molecule has 0 fully saturated rings. The molecule has 0 bridgehead atoms. The van der Waals surface area contributed by atoms with Gasteiger partial charge in [-0.05, 0) is 36.2 Å². The second kappa shape index (κ2) is 10.1. The lowest BCUT2D eigenvalue weighted by molar-refractivity contribution is -0.118. The van der Waals surface area contributed by atoms with Crippen LogP contribution in [0.25, 0.3) is 22.5 Å². The first-order valence-electron chi connectivity index (χ1n) is 10.4. The quantitative estimate of drug-likeness (QED) is 0.387. The molecule has 0 aliphatic rings. The highest BCUT2D eigenvalue weighted by Gasteiger charge is 2.17. The predicted octanol–water partition coefficient (Wildman–Crippen LogP) is 4.14. The number of carbonyl (C=O) groups excluding carboxylic acids is 2. The van der Waals surface area contributed by atoms with Crippen LogP contribution in [0.3, 0.4) is 0 Å². The average Bonchev–Trinajstić information content (AvgIpc) is 3.20. The van der Waals surface area contributed by atoms with Crippen molar-refractivity contribution in [1.82, 2.24) is 14.8 Å². The molecule has 0 saturated heterocycles. The maximum Gasteiger partial charge on any atom is 0.237 e. The van der Waals surface area contributed by atoms with Gasteiger partial charge >= 0.3 is 0 Å². The molecule has 0 aliphatic heterocycles. The fourth-order valence-corrected chi connectivity index (χ4v) is 4.13. The Bertz CT molecular complexity index is 1270. The van der Waals surface area contributed by atoms with Crippen molar-refractivity contribution in [3.05, 3.63) is 84.4 Å². The normalized spacial score (nSPS) is 10.7. The standard InChI is InChI=1S/C25H23N5O2S/c1-17-6-5-9-20(14-17)24-28-29-25(30(24)15-22(26)31)33-16-23(32)27-21-12-10-19(11-13-21)18-7-3-2-4-8-18/h2-14H,15-16H2,1H3,(H2,26,31)(H,27,32). The Morgan fingerprint density at radius 1 is 0.909 bits per heavy atom. The van der Waals surface area contributed by atoms with Crippen LogP contribution in [-0.4, -0.2) is 32.3 Å². The van der Waals surface area contributed by atoms with Crippen molar-refractivity contribution in [3.8, 4) is 22.5 Å². The van der Waals surface area contributed by atoms with Crippen molar-refractivity contribution in [2.45, 2.75) is 18.6 Å². The van der Waals surface area contributed by atoms with Gasteiger partial charge in [-0.25, -0.2) is 0 Å². The Hall–Kier alpha value is -3.91. The number of thioether (sulfide) groups is 1. The van der Waals surface area contributed by atoms with Gasteiger partial charge in [0, 0.05) is 11.3 Å². The van der Waals surface area contributed by atoms with Crippen LogP contribution in [0.5, 0.6) is 0 Å². The Morgan fingerprint density at radius 2 is 1.61 bits per heavy atom. The molecule has 166 valence electrons. The largest absolute Gasteiger partial charge is 0.368 e. The molecular weight excluding hydrogens is 434 g/mol. The predicted molar refractivity (Wildman–Crippen MR) is 131 cm³/mol. The first-order chi connectivity index (χ1) is 16.0. The highest BCUT2D eigenvalue weighted by atomic mass is 32.2. The summed E-state index contributed by atoms with van der Waals surface area (Å²) in [5.74, 6) is -0.0332. The summed E-state index contributed by atoms with van der Waals surface area (Å²) in [7, 11) is 0. The number of benzene rings is 3. The monoisotopic (exact) mass is 457 g/mol. The van der Waals surface area contributed by atoms with Gasteiger partial charge in [-0.15, -0.1) is 10.2 Å². The van der Waals surface area contributed by atoms with Gasteiger partial charge < -0.3 is 11.1 Å². The van der Waals surface area contributed by atoms with Crippen molar-refractivity contribution in [1.29, 1.82) is 0 Å². The van der Waals surface area contributed by atoms with E-state index in [2.05, 4.69) is 15.5 Å². The number of aryl methyl sites for hydroxylation is 1. The molecule has 3 aromatic carbocycles. The minimum atomic E-state index is -0.506. The first-order valence-corrected chi connectivity index (χ1v) is 11.3. The summed E-state index contributed by atoms with van der Waals surface area (Å²) in [5.41, 5.74) is 10.2. The van der Waals surface area contributed by atoms with Crippen molar-refractivity contribution in [3.63, 3.8) is 0 Å². The van der Waals surface area contributed by atoms with Gasteiger partial charge in [0.2, 0.25) is 11.8 Å². The highest BCUT2D eigenvalue weighted by molar-refractivity contribution is 7.99. The van der Waals surface area contributed by atoms with Crippen LogP contribution in [0.2, 0.25) is 0 Å². The summed E-state index contributed by atoms with van der Waals surface area (Å²) < 4.78 is 1.64. The minimum absolute atomic E-state index is 0.0683. The number of carbonyl (C=O) groups is 2. The zero-order chi connectivity index (χ0) is 23.2. The molecule has 1 heterocycles.